The summed E-state index contributed by atoms with van der Waals surface area (Å²) in [5.41, 5.74) is 5.39. The van der Waals surface area contributed by atoms with E-state index in [1.165, 1.54) is 0 Å². The zero-order chi connectivity index (χ0) is 16.4. The highest BCUT2D eigenvalue weighted by molar-refractivity contribution is 5.82. The molecule has 6 heteroatoms. The number of hydrogen-bond acceptors (Lipinski definition) is 4. The van der Waals surface area contributed by atoms with Crippen LogP contribution in [0, 0.1) is 5.92 Å². The maximum atomic E-state index is 12.2. The fourth-order valence-corrected chi connectivity index (χ4v) is 2.24. The van der Waals surface area contributed by atoms with Crippen molar-refractivity contribution in [1.29, 1.82) is 0 Å². The third kappa shape index (κ3) is 4.88. The number of hydrogen-bond donors (Lipinski definition) is 1. The van der Waals surface area contributed by atoms with Crippen LogP contribution in [-0.2, 0) is 9.53 Å². The van der Waals surface area contributed by atoms with Crippen molar-refractivity contribution in [2.45, 2.75) is 58.7 Å². The minimum atomic E-state index is -0.514. The molecule has 2 amide bonds. The third-order valence-electron chi connectivity index (χ3n) is 3.71. The molecule has 21 heavy (non-hydrogen) atoms. The van der Waals surface area contributed by atoms with Crippen molar-refractivity contribution in [2.24, 2.45) is 11.7 Å². The monoisotopic (exact) mass is 299 g/mol. The van der Waals surface area contributed by atoms with E-state index in [1.54, 1.807) is 16.8 Å². The van der Waals surface area contributed by atoms with Gasteiger partial charge in [0.25, 0.3) is 0 Å². The SMILES string of the molecule is CC(C)[C@H](N)C(=O)N1CC[C@H](N(C)C(=O)OC(C)(C)C)C1. The Bertz CT molecular complexity index is 390. The number of nitrogens with two attached hydrogens (primary N) is 1. The highest BCUT2D eigenvalue weighted by atomic mass is 16.6. The van der Waals surface area contributed by atoms with E-state index in [0.29, 0.717) is 13.1 Å². The van der Waals surface area contributed by atoms with Gasteiger partial charge >= 0.3 is 6.09 Å². The van der Waals surface area contributed by atoms with Gasteiger partial charge in [-0.15, -0.1) is 0 Å². The first-order valence-corrected chi connectivity index (χ1v) is 7.53. The largest absolute Gasteiger partial charge is 0.444 e. The summed E-state index contributed by atoms with van der Waals surface area (Å²) in [6.07, 6.45) is 0.404. The Balaban J connectivity index is 2.58. The van der Waals surface area contributed by atoms with Crippen LogP contribution in [-0.4, -0.2) is 59.6 Å². The average Bonchev–Trinajstić information content (AvgIpc) is 2.83. The second kappa shape index (κ2) is 6.64. The lowest BCUT2D eigenvalue weighted by molar-refractivity contribution is -0.132. The molecule has 0 unspecified atom stereocenters. The predicted molar refractivity (Wildman–Crippen MR) is 81.8 cm³/mol. The smallest absolute Gasteiger partial charge is 0.410 e. The molecule has 1 aliphatic rings. The Labute approximate surface area is 127 Å². The first-order chi connectivity index (χ1) is 9.53. The summed E-state index contributed by atoms with van der Waals surface area (Å²) >= 11 is 0. The fourth-order valence-electron chi connectivity index (χ4n) is 2.24. The molecule has 1 heterocycles. The van der Waals surface area contributed by atoms with Crippen molar-refractivity contribution in [3.63, 3.8) is 0 Å². The van der Waals surface area contributed by atoms with Crippen molar-refractivity contribution in [2.75, 3.05) is 20.1 Å². The normalized spacial score (nSPS) is 20.6. The number of amides is 2. The van der Waals surface area contributed by atoms with E-state index in [9.17, 15) is 9.59 Å². The van der Waals surface area contributed by atoms with Crippen LogP contribution in [0.5, 0.6) is 0 Å². The van der Waals surface area contributed by atoms with Gasteiger partial charge in [0.1, 0.15) is 5.60 Å². The number of carbonyl (C=O) groups excluding carboxylic acids is 2. The summed E-state index contributed by atoms with van der Waals surface area (Å²) < 4.78 is 5.35. The van der Waals surface area contributed by atoms with E-state index in [0.717, 1.165) is 6.42 Å². The van der Waals surface area contributed by atoms with Crippen molar-refractivity contribution in [3.05, 3.63) is 0 Å². The van der Waals surface area contributed by atoms with Crippen LogP contribution in [0.1, 0.15) is 41.0 Å². The Morgan fingerprint density at radius 1 is 1.33 bits per heavy atom. The van der Waals surface area contributed by atoms with Crippen LogP contribution < -0.4 is 5.73 Å². The van der Waals surface area contributed by atoms with Crippen LogP contribution in [0.3, 0.4) is 0 Å². The highest BCUT2D eigenvalue weighted by Crippen LogP contribution is 2.19. The summed E-state index contributed by atoms with van der Waals surface area (Å²) in [6.45, 7) is 10.5. The van der Waals surface area contributed by atoms with Crippen LogP contribution >= 0.6 is 0 Å². The predicted octanol–water partition coefficient (Wildman–Crippen LogP) is 1.44. The molecule has 0 saturated carbocycles. The van der Waals surface area contributed by atoms with Gasteiger partial charge in [0.15, 0.2) is 0 Å². The second-order valence-corrected chi connectivity index (χ2v) is 7.09. The quantitative estimate of drug-likeness (QED) is 0.855. The first-order valence-electron chi connectivity index (χ1n) is 7.53. The molecule has 1 saturated heterocycles. The lowest BCUT2D eigenvalue weighted by Gasteiger charge is -2.29. The van der Waals surface area contributed by atoms with Gasteiger partial charge in [-0.2, -0.15) is 0 Å². The first kappa shape index (κ1) is 17.8. The molecule has 0 aromatic carbocycles. The van der Waals surface area contributed by atoms with E-state index in [2.05, 4.69) is 0 Å². The number of likely N-dealkylation sites (N-methyl/N-ethyl adjacent to an activating group) is 1. The maximum absolute atomic E-state index is 12.2. The average molecular weight is 299 g/mol. The van der Waals surface area contributed by atoms with Crippen LogP contribution in [0.25, 0.3) is 0 Å². The van der Waals surface area contributed by atoms with E-state index in [4.69, 9.17) is 10.5 Å². The Hall–Kier alpha value is -1.30. The molecule has 1 fully saturated rings. The molecular formula is C15H29N3O3. The third-order valence-corrected chi connectivity index (χ3v) is 3.71. The lowest BCUT2D eigenvalue weighted by Crippen LogP contribution is -2.47. The number of carbonyl (C=O) groups is 2. The minimum Gasteiger partial charge on any atom is -0.444 e. The van der Waals surface area contributed by atoms with E-state index in [1.807, 2.05) is 34.6 Å². The van der Waals surface area contributed by atoms with Gasteiger partial charge in [-0.25, -0.2) is 4.79 Å². The summed E-state index contributed by atoms with van der Waals surface area (Å²) in [7, 11) is 1.72. The number of rotatable bonds is 3. The fraction of sp³-hybridized carbons (Fsp3) is 0.867. The Morgan fingerprint density at radius 2 is 1.90 bits per heavy atom. The zero-order valence-electron chi connectivity index (χ0n) is 14.0. The van der Waals surface area contributed by atoms with E-state index >= 15 is 0 Å². The van der Waals surface area contributed by atoms with Gasteiger partial charge in [-0.1, -0.05) is 13.8 Å². The molecular weight excluding hydrogens is 270 g/mol. The topological polar surface area (TPSA) is 75.9 Å². The molecule has 6 nitrogen and oxygen atoms in total. The standard InChI is InChI=1S/C15H29N3O3/c1-10(2)12(16)13(19)18-8-7-11(9-18)17(6)14(20)21-15(3,4)5/h10-12H,7-9,16H2,1-6H3/t11-,12-/m0/s1. The summed E-state index contributed by atoms with van der Waals surface area (Å²) in [4.78, 5) is 27.6. The molecule has 0 spiro atoms. The lowest BCUT2D eigenvalue weighted by atomic mass is 10.0. The van der Waals surface area contributed by atoms with Crippen molar-refractivity contribution in [3.8, 4) is 0 Å². The van der Waals surface area contributed by atoms with Crippen molar-refractivity contribution < 1.29 is 14.3 Å². The van der Waals surface area contributed by atoms with Gasteiger partial charge < -0.3 is 20.3 Å². The van der Waals surface area contributed by atoms with Gasteiger partial charge in [0.05, 0.1) is 12.1 Å². The summed E-state index contributed by atoms with van der Waals surface area (Å²) in [5.74, 6) is 0.0743. The summed E-state index contributed by atoms with van der Waals surface area (Å²) in [5, 5.41) is 0. The number of ether oxygens (including phenoxy) is 1. The molecule has 2 N–H and O–H groups in total. The highest BCUT2D eigenvalue weighted by Gasteiger charge is 2.34. The molecule has 0 bridgehead atoms. The molecule has 0 radical (unpaired) electrons. The van der Waals surface area contributed by atoms with Gasteiger partial charge in [0, 0.05) is 20.1 Å². The zero-order valence-corrected chi connectivity index (χ0v) is 14.0. The number of nitrogens with zero attached hydrogens (tertiary/aromatic N) is 2. The van der Waals surface area contributed by atoms with Crippen molar-refractivity contribution in [1.82, 2.24) is 9.80 Å². The van der Waals surface area contributed by atoms with Crippen LogP contribution in [0.2, 0.25) is 0 Å². The Morgan fingerprint density at radius 3 is 2.38 bits per heavy atom. The molecule has 0 aromatic heterocycles. The molecule has 0 aliphatic carbocycles. The number of likely N-dealkylation sites (tertiary alicyclic amines) is 1. The maximum Gasteiger partial charge on any atom is 0.410 e. The molecule has 2 atom stereocenters. The molecule has 0 aromatic rings. The second-order valence-electron chi connectivity index (χ2n) is 7.09. The molecule has 122 valence electrons. The van der Waals surface area contributed by atoms with Gasteiger partial charge in [0.2, 0.25) is 5.91 Å². The molecule has 1 rings (SSSR count). The van der Waals surface area contributed by atoms with Crippen molar-refractivity contribution >= 4 is 12.0 Å². The molecule has 1 aliphatic heterocycles. The van der Waals surface area contributed by atoms with E-state index < -0.39 is 11.6 Å². The van der Waals surface area contributed by atoms with Crippen LogP contribution in [0.4, 0.5) is 4.79 Å². The summed E-state index contributed by atoms with van der Waals surface area (Å²) in [6, 6.07) is -0.487. The minimum absolute atomic E-state index is 0.0110. The van der Waals surface area contributed by atoms with Gasteiger partial charge in [-0.3, -0.25) is 4.79 Å². The van der Waals surface area contributed by atoms with Crippen LogP contribution in [0.15, 0.2) is 0 Å². The van der Waals surface area contributed by atoms with Gasteiger partial charge in [-0.05, 0) is 33.1 Å². The van der Waals surface area contributed by atoms with E-state index in [-0.39, 0.29) is 24.0 Å². The Kier molecular flexibility index (Phi) is 5.61.